The number of hydrogen-bond acceptors (Lipinski definition) is 3. The largest absolute Gasteiger partial charge is 0.479 e. The van der Waals surface area contributed by atoms with E-state index in [1.165, 1.54) is 23.5 Å². The molecule has 104 valence electrons. The molecule has 0 bridgehead atoms. The van der Waals surface area contributed by atoms with Crippen LogP contribution in [0.15, 0.2) is 35.7 Å². The Kier molecular flexibility index (Phi) is 4.71. The van der Waals surface area contributed by atoms with Crippen molar-refractivity contribution in [3.8, 4) is 0 Å². The summed E-state index contributed by atoms with van der Waals surface area (Å²) in [4.78, 5) is 23.9. The van der Waals surface area contributed by atoms with E-state index in [1.807, 2.05) is 22.6 Å². The standard InChI is InChI=1S/C13H9FINO3S/c14-7-3-4-8(9(15)6-7)12(17)16-11(13(18)19)10-2-1-5-20-10/h1-6,11H,(H,16,17)(H,18,19). The molecule has 0 saturated carbocycles. The van der Waals surface area contributed by atoms with E-state index in [1.54, 1.807) is 17.5 Å². The van der Waals surface area contributed by atoms with Gasteiger partial charge < -0.3 is 10.4 Å². The van der Waals surface area contributed by atoms with Crippen LogP contribution in [0, 0.1) is 9.39 Å². The van der Waals surface area contributed by atoms with E-state index in [0.29, 0.717) is 8.45 Å². The molecule has 0 aliphatic carbocycles. The summed E-state index contributed by atoms with van der Waals surface area (Å²) in [6, 6.07) is 5.96. The Morgan fingerprint density at radius 3 is 2.65 bits per heavy atom. The molecule has 0 fully saturated rings. The highest BCUT2D eigenvalue weighted by Gasteiger charge is 2.24. The molecule has 4 nitrogen and oxygen atoms in total. The lowest BCUT2D eigenvalue weighted by Crippen LogP contribution is -2.33. The van der Waals surface area contributed by atoms with E-state index in [-0.39, 0.29) is 5.56 Å². The third-order valence-electron chi connectivity index (χ3n) is 2.53. The number of thiophene rings is 1. The number of amides is 1. The zero-order valence-electron chi connectivity index (χ0n) is 9.97. The molecule has 2 N–H and O–H groups in total. The van der Waals surface area contributed by atoms with Gasteiger partial charge in [0.25, 0.3) is 5.91 Å². The molecule has 1 atom stereocenters. The molecule has 0 radical (unpaired) electrons. The summed E-state index contributed by atoms with van der Waals surface area (Å²) >= 11 is 3.08. The average molecular weight is 405 g/mol. The Hall–Kier alpha value is -1.48. The number of carbonyl (C=O) groups excluding carboxylic acids is 1. The van der Waals surface area contributed by atoms with Gasteiger partial charge in [-0.15, -0.1) is 11.3 Å². The average Bonchev–Trinajstić information content (AvgIpc) is 2.88. The second kappa shape index (κ2) is 6.31. The number of carboxylic acid groups (broad SMARTS) is 1. The Balaban J connectivity index is 2.23. The highest BCUT2D eigenvalue weighted by molar-refractivity contribution is 14.1. The van der Waals surface area contributed by atoms with Gasteiger partial charge in [-0.05, 0) is 52.2 Å². The van der Waals surface area contributed by atoms with E-state index >= 15 is 0 Å². The zero-order valence-corrected chi connectivity index (χ0v) is 12.9. The van der Waals surface area contributed by atoms with Crippen molar-refractivity contribution in [1.29, 1.82) is 0 Å². The molecule has 0 saturated heterocycles. The van der Waals surface area contributed by atoms with E-state index in [0.717, 1.165) is 6.07 Å². The maximum Gasteiger partial charge on any atom is 0.331 e. The highest BCUT2D eigenvalue weighted by atomic mass is 127. The van der Waals surface area contributed by atoms with Crippen LogP contribution >= 0.6 is 33.9 Å². The van der Waals surface area contributed by atoms with Crippen molar-refractivity contribution < 1.29 is 19.1 Å². The van der Waals surface area contributed by atoms with Crippen molar-refractivity contribution in [2.75, 3.05) is 0 Å². The molecule has 2 aromatic rings. The summed E-state index contributed by atoms with van der Waals surface area (Å²) in [6.07, 6.45) is 0. The Morgan fingerprint density at radius 1 is 1.35 bits per heavy atom. The number of carbonyl (C=O) groups is 2. The SMILES string of the molecule is O=C(NC(C(=O)O)c1cccs1)c1ccc(F)cc1I. The lowest BCUT2D eigenvalue weighted by molar-refractivity contribution is -0.139. The van der Waals surface area contributed by atoms with Crippen LogP contribution in [-0.2, 0) is 4.79 Å². The molecule has 1 unspecified atom stereocenters. The fourth-order valence-corrected chi connectivity index (χ4v) is 3.08. The minimum absolute atomic E-state index is 0.245. The predicted molar refractivity (Wildman–Crippen MR) is 81.3 cm³/mol. The topological polar surface area (TPSA) is 66.4 Å². The lowest BCUT2D eigenvalue weighted by Gasteiger charge is -2.13. The number of halogens is 2. The second-order valence-electron chi connectivity index (χ2n) is 3.88. The number of hydrogen-bond donors (Lipinski definition) is 2. The van der Waals surface area contributed by atoms with E-state index in [9.17, 15) is 19.1 Å². The normalized spacial score (nSPS) is 11.9. The van der Waals surface area contributed by atoms with Crippen molar-refractivity contribution in [1.82, 2.24) is 5.32 Å². The number of carboxylic acids is 1. The highest BCUT2D eigenvalue weighted by Crippen LogP contribution is 2.21. The van der Waals surface area contributed by atoms with E-state index in [2.05, 4.69) is 5.32 Å². The van der Waals surface area contributed by atoms with Crippen LogP contribution in [0.4, 0.5) is 4.39 Å². The zero-order chi connectivity index (χ0) is 14.7. The van der Waals surface area contributed by atoms with Crippen LogP contribution in [0.3, 0.4) is 0 Å². The number of nitrogens with one attached hydrogen (secondary N) is 1. The van der Waals surface area contributed by atoms with Crippen LogP contribution in [0.25, 0.3) is 0 Å². The molecule has 0 spiro atoms. The van der Waals surface area contributed by atoms with Crippen molar-refractivity contribution in [2.24, 2.45) is 0 Å². The van der Waals surface area contributed by atoms with Gasteiger partial charge in [-0.3, -0.25) is 4.79 Å². The van der Waals surface area contributed by atoms with Gasteiger partial charge in [0, 0.05) is 8.45 Å². The number of aliphatic carboxylic acids is 1. The van der Waals surface area contributed by atoms with Crippen LogP contribution in [-0.4, -0.2) is 17.0 Å². The first-order valence-electron chi connectivity index (χ1n) is 5.51. The molecule has 1 amide bonds. The van der Waals surface area contributed by atoms with Crippen LogP contribution < -0.4 is 5.32 Å². The Morgan fingerprint density at radius 2 is 2.10 bits per heavy atom. The molecule has 1 aromatic heterocycles. The maximum atomic E-state index is 13.0. The van der Waals surface area contributed by atoms with Gasteiger partial charge in [0.15, 0.2) is 6.04 Å². The van der Waals surface area contributed by atoms with Gasteiger partial charge in [-0.1, -0.05) is 6.07 Å². The first-order valence-corrected chi connectivity index (χ1v) is 7.47. The fraction of sp³-hybridized carbons (Fsp3) is 0.0769. The van der Waals surface area contributed by atoms with Crippen molar-refractivity contribution in [2.45, 2.75) is 6.04 Å². The number of benzene rings is 1. The predicted octanol–water partition coefficient (Wildman–Crippen LogP) is 3.05. The molecule has 1 heterocycles. The van der Waals surface area contributed by atoms with Crippen LogP contribution in [0.5, 0.6) is 0 Å². The minimum Gasteiger partial charge on any atom is -0.479 e. The molecular formula is C13H9FINO3S. The van der Waals surface area contributed by atoms with E-state index in [4.69, 9.17) is 0 Å². The van der Waals surface area contributed by atoms with Gasteiger partial charge in [0.05, 0.1) is 5.56 Å². The molecule has 7 heteroatoms. The molecule has 1 aromatic carbocycles. The van der Waals surface area contributed by atoms with Crippen molar-refractivity contribution >= 4 is 45.8 Å². The van der Waals surface area contributed by atoms with E-state index < -0.39 is 23.7 Å². The van der Waals surface area contributed by atoms with Gasteiger partial charge >= 0.3 is 5.97 Å². The summed E-state index contributed by atoms with van der Waals surface area (Å²) in [5.41, 5.74) is 0.245. The third kappa shape index (κ3) is 3.34. The molecular weight excluding hydrogens is 396 g/mol. The van der Waals surface area contributed by atoms with Gasteiger partial charge in [0.2, 0.25) is 0 Å². The molecule has 2 rings (SSSR count). The van der Waals surface area contributed by atoms with Crippen molar-refractivity contribution in [3.63, 3.8) is 0 Å². The Bertz CT molecular complexity index is 645. The summed E-state index contributed by atoms with van der Waals surface area (Å²) in [5, 5.41) is 13.4. The summed E-state index contributed by atoms with van der Waals surface area (Å²) in [7, 11) is 0. The van der Waals surface area contributed by atoms with Gasteiger partial charge in [0.1, 0.15) is 5.82 Å². The van der Waals surface area contributed by atoms with Crippen molar-refractivity contribution in [3.05, 3.63) is 55.5 Å². The first-order chi connectivity index (χ1) is 9.49. The quantitative estimate of drug-likeness (QED) is 0.769. The Labute approximate surface area is 131 Å². The second-order valence-corrected chi connectivity index (χ2v) is 6.03. The van der Waals surface area contributed by atoms with Crippen LogP contribution in [0.1, 0.15) is 21.3 Å². The smallest absolute Gasteiger partial charge is 0.331 e. The summed E-state index contributed by atoms with van der Waals surface area (Å²) < 4.78 is 13.4. The molecule has 20 heavy (non-hydrogen) atoms. The number of rotatable bonds is 4. The lowest BCUT2D eigenvalue weighted by atomic mass is 10.1. The van der Waals surface area contributed by atoms with Gasteiger partial charge in [-0.2, -0.15) is 0 Å². The summed E-state index contributed by atoms with van der Waals surface area (Å²) in [6.45, 7) is 0. The third-order valence-corrected chi connectivity index (χ3v) is 4.36. The summed E-state index contributed by atoms with van der Waals surface area (Å²) in [5.74, 6) is -2.13. The maximum absolute atomic E-state index is 13.0. The fourth-order valence-electron chi connectivity index (χ4n) is 1.59. The monoisotopic (exact) mass is 405 g/mol. The van der Waals surface area contributed by atoms with Crippen LogP contribution in [0.2, 0.25) is 0 Å². The van der Waals surface area contributed by atoms with Gasteiger partial charge in [-0.25, -0.2) is 9.18 Å². The minimum atomic E-state index is -1.14. The first kappa shape index (κ1) is 14.9. The molecule has 0 aliphatic rings. The molecule has 0 aliphatic heterocycles.